The molecular formula is C8H15N5O. The van der Waals surface area contributed by atoms with E-state index in [9.17, 15) is 4.79 Å². The lowest BCUT2D eigenvalue weighted by Crippen LogP contribution is -2.55. The fourth-order valence-electron chi connectivity index (χ4n) is 1.69. The van der Waals surface area contributed by atoms with Crippen LogP contribution in [0.5, 0.6) is 0 Å². The van der Waals surface area contributed by atoms with Gasteiger partial charge >= 0.3 is 0 Å². The molecule has 0 spiro atoms. The third-order valence-corrected chi connectivity index (χ3v) is 2.38. The summed E-state index contributed by atoms with van der Waals surface area (Å²) in [6, 6.07) is -0.0577. The molecule has 0 aromatic rings. The molecule has 6 heteroatoms. The van der Waals surface area contributed by atoms with Crippen molar-refractivity contribution < 1.29 is 4.79 Å². The van der Waals surface area contributed by atoms with E-state index in [2.05, 4.69) is 20.2 Å². The highest BCUT2D eigenvalue weighted by Crippen LogP contribution is 2.07. The Balaban J connectivity index is 2.47. The second kappa shape index (κ2) is 5.47. The Hall–Kier alpha value is -1.26. The summed E-state index contributed by atoms with van der Waals surface area (Å²) in [5.41, 5.74) is 8.13. The zero-order chi connectivity index (χ0) is 10.4. The number of carbonyl (C=O) groups is 1. The molecular weight excluding hydrogens is 182 g/mol. The molecule has 6 nitrogen and oxygen atoms in total. The van der Waals surface area contributed by atoms with Crippen molar-refractivity contribution in [3.8, 4) is 0 Å². The summed E-state index contributed by atoms with van der Waals surface area (Å²) in [6.07, 6.45) is 0.794. The molecule has 0 saturated carbocycles. The highest BCUT2D eigenvalue weighted by molar-refractivity contribution is 5.82. The monoisotopic (exact) mass is 197 g/mol. The SMILES string of the molecule is CCC1C(=O)NCCN1CCN=[N+]=[N-]. The van der Waals surface area contributed by atoms with Gasteiger partial charge < -0.3 is 5.32 Å². The first-order valence-electron chi connectivity index (χ1n) is 4.82. The Morgan fingerprint density at radius 3 is 3.21 bits per heavy atom. The topological polar surface area (TPSA) is 81.1 Å². The Morgan fingerprint density at radius 2 is 2.57 bits per heavy atom. The van der Waals surface area contributed by atoms with Crippen LogP contribution < -0.4 is 5.32 Å². The van der Waals surface area contributed by atoms with Crippen LogP contribution in [0.3, 0.4) is 0 Å². The Morgan fingerprint density at radius 1 is 1.79 bits per heavy atom. The van der Waals surface area contributed by atoms with Gasteiger partial charge in [-0.2, -0.15) is 0 Å². The Labute approximate surface area is 82.9 Å². The number of amides is 1. The largest absolute Gasteiger partial charge is 0.353 e. The van der Waals surface area contributed by atoms with E-state index in [4.69, 9.17) is 5.53 Å². The molecule has 1 aliphatic rings. The maximum absolute atomic E-state index is 11.4. The number of rotatable bonds is 4. The minimum atomic E-state index is -0.0577. The lowest BCUT2D eigenvalue weighted by Gasteiger charge is -2.33. The number of azide groups is 1. The van der Waals surface area contributed by atoms with Crippen molar-refractivity contribution in [3.63, 3.8) is 0 Å². The van der Waals surface area contributed by atoms with Crippen LogP contribution in [0.4, 0.5) is 0 Å². The van der Waals surface area contributed by atoms with Gasteiger partial charge in [0.15, 0.2) is 0 Å². The van der Waals surface area contributed by atoms with Gasteiger partial charge in [-0.05, 0) is 12.0 Å². The molecule has 1 atom stereocenters. The van der Waals surface area contributed by atoms with Crippen molar-refractivity contribution in [2.75, 3.05) is 26.2 Å². The van der Waals surface area contributed by atoms with Crippen molar-refractivity contribution in [3.05, 3.63) is 10.4 Å². The van der Waals surface area contributed by atoms with E-state index >= 15 is 0 Å². The molecule has 0 bridgehead atoms. The van der Waals surface area contributed by atoms with Crippen molar-refractivity contribution >= 4 is 5.91 Å². The van der Waals surface area contributed by atoms with Gasteiger partial charge in [0.2, 0.25) is 5.91 Å². The number of nitrogens with zero attached hydrogens (tertiary/aromatic N) is 4. The van der Waals surface area contributed by atoms with Gasteiger partial charge in [0.25, 0.3) is 0 Å². The van der Waals surface area contributed by atoms with Gasteiger partial charge in [-0.15, -0.1) is 0 Å². The first-order valence-corrected chi connectivity index (χ1v) is 4.82. The molecule has 1 N–H and O–H groups in total. The average molecular weight is 197 g/mol. The molecule has 1 unspecified atom stereocenters. The van der Waals surface area contributed by atoms with Crippen LogP contribution in [0.2, 0.25) is 0 Å². The van der Waals surface area contributed by atoms with Crippen LogP contribution >= 0.6 is 0 Å². The molecule has 0 aromatic heterocycles. The van der Waals surface area contributed by atoms with Gasteiger partial charge in [0.1, 0.15) is 0 Å². The molecule has 1 saturated heterocycles. The third kappa shape index (κ3) is 2.61. The smallest absolute Gasteiger partial charge is 0.237 e. The number of piperazine rings is 1. The van der Waals surface area contributed by atoms with E-state index in [-0.39, 0.29) is 11.9 Å². The second-order valence-electron chi connectivity index (χ2n) is 3.21. The summed E-state index contributed by atoms with van der Waals surface area (Å²) in [7, 11) is 0. The molecule has 0 aliphatic carbocycles. The summed E-state index contributed by atoms with van der Waals surface area (Å²) in [6.45, 7) is 4.60. The van der Waals surface area contributed by atoms with Crippen LogP contribution in [0.15, 0.2) is 5.11 Å². The highest BCUT2D eigenvalue weighted by Gasteiger charge is 2.26. The quantitative estimate of drug-likeness (QED) is 0.404. The van der Waals surface area contributed by atoms with Crippen LogP contribution in [-0.4, -0.2) is 43.0 Å². The van der Waals surface area contributed by atoms with Gasteiger partial charge in [-0.3, -0.25) is 9.69 Å². The molecule has 0 radical (unpaired) electrons. The van der Waals surface area contributed by atoms with Crippen molar-refractivity contribution in [2.45, 2.75) is 19.4 Å². The van der Waals surface area contributed by atoms with Crippen LogP contribution in [-0.2, 0) is 4.79 Å². The van der Waals surface area contributed by atoms with E-state index in [1.54, 1.807) is 0 Å². The summed E-state index contributed by atoms with van der Waals surface area (Å²) >= 11 is 0. The summed E-state index contributed by atoms with van der Waals surface area (Å²) in [4.78, 5) is 16.2. The predicted molar refractivity (Wildman–Crippen MR) is 52.7 cm³/mol. The molecule has 0 aromatic carbocycles. The lowest BCUT2D eigenvalue weighted by molar-refractivity contribution is -0.129. The lowest BCUT2D eigenvalue weighted by atomic mass is 10.1. The van der Waals surface area contributed by atoms with E-state index in [0.717, 1.165) is 13.0 Å². The van der Waals surface area contributed by atoms with E-state index in [0.29, 0.717) is 19.6 Å². The molecule has 1 aliphatic heterocycles. The average Bonchev–Trinajstić information content (AvgIpc) is 2.18. The summed E-state index contributed by atoms with van der Waals surface area (Å²) in [5, 5.41) is 6.29. The fourth-order valence-corrected chi connectivity index (χ4v) is 1.69. The van der Waals surface area contributed by atoms with Gasteiger partial charge in [-0.25, -0.2) is 0 Å². The van der Waals surface area contributed by atoms with Crippen molar-refractivity contribution in [2.24, 2.45) is 5.11 Å². The van der Waals surface area contributed by atoms with E-state index in [1.807, 2.05) is 6.92 Å². The maximum atomic E-state index is 11.4. The molecule has 1 amide bonds. The van der Waals surface area contributed by atoms with Crippen LogP contribution in [0.1, 0.15) is 13.3 Å². The highest BCUT2D eigenvalue weighted by atomic mass is 16.2. The fraction of sp³-hybridized carbons (Fsp3) is 0.875. The summed E-state index contributed by atoms with van der Waals surface area (Å²) < 4.78 is 0. The predicted octanol–water partition coefficient (Wildman–Crippen LogP) is 0.507. The minimum absolute atomic E-state index is 0.0577. The minimum Gasteiger partial charge on any atom is -0.353 e. The normalized spacial score (nSPS) is 22.6. The number of carbonyl (C=O) groups excluding carboxylic acids is 1. The van der Waals surface area contributed by atoms with E-state index in [1.165, 1.54) is 0 Å². The van der Waals surface area contributed by atoms with Gasteiger partial charge in [0, 0.05) is 31.1 Å². The second-order valence-corrected chi connectivity index (χ2v) is 3.21. The van der Waals surface area contributed by atoms with Gasteiger partial charge in [-0.1, -0.05) is 12.0 Å². The third-order valence-electron chi connectivity index (χ3n) is 2.38. The van der Waals surface area contributed by atoms with Gasteiger partial charge in [0.05, 0.1) is 6.04 Å². The number of nitrogens with one attached hydrogen (secondary N) is 1. The van der Waals surface area contributed by atoms with E-state index < -0.39 is 0 Å². The summed E-state index contributed by atoms with van der Waals surface area (Å²) in [5.74, 6) is 0.0830. The molecule has 78 valence electrons. The first kappa shape index (κ1) is 10.8. The maximum Gasteiger partial charge on any atom is 0.237 e. The zero-order valence-corrected chi connectivity index (χ0v) is 8.31. The number of hydrogen-bond donors (Lipinski definition) is 1. The standard InChI is InChI=1S/C8H15N5O/c1-2-7-8(14)10-3-5-13(7)6-4-11-12-9/h7H,2-6H2,1H3,(H,10,14). The van der Waals surface area contributed by atoms with Crippen molar-refractivity contribution in [1.29, 1.82) is 0 Å². The molecule has 1 heterocycles. The molecule has 1 rings (SSSR count). The van der Waals surface area contributed by atoms with Crippen LogP contribution in [0, 0.1) is 0 Å². The Bertz CT molecular complexity index is 248. The number of hydrogen-bond acceptors (Lipinski definition) is 3. The zero-order valence-electron chi connectivity index (χ0n) is 8.31. The molecule has 14 heavy (non-hydrogen) atoms. The molecule has 1 fully saturated rings. The van der Waals surface area contributed by atoms with Crippen molar-refractivity contribution in [1.82, 2.24) is 10.2 Å². The first-order chi connectivity index (χ1) is 6.79. The van der Waals surface area contributed by atoms with Crippen LogP contribution in [0.25, 0.3) is 10.4 Å². The Kier molecular flexibility index (Phi) is 4.22.